The molecular formula is C25H30BrN3O3. The molecule has 170 valence electrons. The average Bonchev–Trinajstić information content (AvgIpc) is 3.61. The van der Waals surface area contributed by atoms with Crippen molar-refractivity contribution in [1.82, 2.24) is 14.5 Å². The van der Waals surface area contributed by atoms with Crippen LogP contribution in [0.15, 0.2) is 27.5 Å². The van der Waals surface area contributed by atoms with E-state index in [1.165, 1.54) is 30.4 Å². The van der Waals surface area contributed by atoms with Crippen LogP contribution in [-0.4, -0.2) is 38.6 Å². The van der Waals surface area contributed by atoms with Gasteiger partial charge in [-0.3, -0.25) is 9.59 Å². The molecule has 2 fully saturated rings. The molecule has 0 spiro atoms. The van der Waals surface area contributed by atoms with Gasteiger partial charge in [-0.15, -0.1) is 0 Å². The van der Waals surface area contributed by atoms with Crippen molar-refractivity contribution in [2.24, 2.45) is 0 Å². The lowest BCUT2D eigenvalue weighted by molar-refractivity contribution is 0.0660. The number of halogens is 1. The molecule has 32 heavy (non-hydrogen) atoms. The molecule has 2 aromatic rings. The van der Waals surface area contributed by atoms with Crippen LogP contribution in [0.5, 0.6) is 5.75 Å². The Morgan fingerprint density at radius 1 is 1.16 bits per heavy atom. The minimum Gasteiger partial charge on any atom is -0.501 e. The Morgan fingerprint density at radius 3 is 2.56 bits per heavy atom. The highest BCUT2D eigenvalue weighted by Crippen LogP contribution is 2.46. The maximum atomic E-state index is 12.9. The number of hydrogen-bond donors (Lipinski definition) is 1. The van der Waals surface area contributed by atoms with Gasteiger partial charge >= 0.3 is 5.56 Å². The Kier molecular flexibility index (Phi) is 5.43. The van der Waals surface area contributed by atoms with Gasteiger partial charge in [-0.1, -0.05) is 41.3 Å². The Morgan fingerprint density at radius 2 is 1.88 bits per heavy atom. The first-order valence-corrected chi connectivity index (χ1v) is 12.5. The van der Waals surface area contributed by atoms with Crippen molar-refractivity contribution < 1.29 is 9.90 Å². The predicted octanol–water partition coefficient (Wildman–Crippen LogP) is 4.51. The minimum absolute atomic E-state index is 0.0351. The third-order valence-corrected chi connectivity index (χ3v) is 8.22. The molecule has 1 aromatic carbocycles. The van der Waals surface area contributed by atoms with E-state index in [1.54, 1.807) is 16.5 Å². The lowest BCUT2D eigenvalue weighted by Gasteiger charge is -2.40. The van der Waals surface area contributed by atoms with Crippen LogP contribution >= 0.6 is 15.9 Å². The molecule has 0 saturated heterocycles. The largest absolute Gasteiger partial charge is 0.501 e. The second-order valence-electron chi connectivity index (χ2n) is 9.97. The van der Waals surface area contributed by atoms with Gasteiger partial charge in [0.25, 0.3) is 5.91 Å². The van der Waals surface area contributed by atoms with E-state index in [9.17, 15) is 14.7 Å². The topological polar surface area (TPSA) is 75.4 Å². The van der Waals surface area contributed by atoms with Gasteiger partial charge in [0, 0.05) is 35.9 Å². The second kappa shape index (κ2) is 8.01. The van der Waals surface area contributed by atoms with E-state index >= 15 is 0 Å². The molecule has 1 N–H and O–H groups in total. The van der Waals surface area contributed by atoms with Crippen LogP contribution in [0, 0.1) is 0 Å². The van der Waals surface area contributed by atoms with Crippen LogP contribution in [0.3, 0.4) is 0 Å². The summed E-state index contributed by atoms with van der Waals surface area (Å²) in [6, 6.07) is 6.80. The summed E-state index contributed by atoms with van der Waals surface area (Å²) in [5.74, 6) is 0.417. The number of carbonyl (C=O) groups excluding carboxylic acids is 1. The maximum Gasteiger partial charge on any atom is 0.315 e. The van der Waals surface area contributed by atoms with Crippen molar-refractivity contribution in [2.75, 3.05) is 7.05 Å². The molecular weight excluding hydrogens is 470 g/mol. The number of amides is 1. The third-order valence-electron chi connectivity index (χ3n) is 7.76. The fourth-order valence-corrected chi connectivity index (χ4v) is 6.07. The summed E-state index contributed by atoms with van der Waals surface area (Å²) in [5.41, 5.74) is 1.94. The number of nitrogens with zero attached hydrogens (tertiary/aromatic N) is 3. The van der Waals surface area contributed by atoms with Gasteiger partial charge < -0.3 is 14.6 Å². The number of benzene rings is 1. The molecule has 1 atom stereocenters. The smallest absolute Gasteiger partial charge is 0.315 e. The van der Waals surface area contributed by atoms with Crippen molar-refractivity contribution in [3.8, 4) is 5.75 Å². The summed E-state index contributed by atoms with van der Waals surface area (Å²) in [7, 11) is 1.71. The Bertz CT molecular complexity index is 1130. The van der Waals surface area contributed by atoms with Gasteiger partial charge in [-0.05, 0) is 61.8 Å². The highest BCUT2D eigenvalue weighted by molar-refractivity contribution is 9.10. The molecule has 3 aliphatic rings. The summed E-state index contributed by atoms with van der Waals surface area (Å²) in [4.78, 5) is 31.4. The molecule has 0 radical (unpaired) electrons. The van der Waals surface area contributed by atoms with Crippen molar-refractivity contribution in [1.29, 1.82) is 0 Å². The number of fused-ring (bicyclic) bond motifs is 1. The van der Waals surface area contributed by atoms with Crippen molar-refractivity contribution in [3.05, 3.63) is 55.7 Å². The van der Waals surface area contributed by atoms with Crippen molar-refractivity contribution in [3.63, 3.8) is 0 Å². The SMILES string of the molecule is CC1Cn2c(CC3(c4cc(Br)cc(C5CC5)c4)CCCCC3)nc(=O)c(O)c2C(=O)N1C. The molecule has 1 aromatic heterocycles. The van der Waals surface area contributed by atoms with Crippen molar-refractivity contribution in [2.45, 2.75) is 82.2 Å². The number of hydrogen-bond acceptors (Lipinski definition) is 4. The minimum atomic E-state index is -0.707. The summed E-state index contributed by atoms with van der Waals surface area (Å²) in [6.45, 7) is 2.50. The van der Waals surface area contributed by atoms with Crippen LogP contribution in [0.25, 0.3) is 0 Å². The van der Waals surface area contributed by atoms with E-state index in [0.717, 1.165) is 30.2 Å². The van der Waals surface area contributed by atoms with E-state index in [2.05, 4.69) is 39.1 Å². The molecule has 0 bridgehead atoms. The van der Waals surface area contributed by atoms with Gasteiger partial charge in [0.15, 0.2) is 5.69 Å². The summed E-state index contributed by atoms with van der Waals surface area (Å²) < 4.78 is 2.91. The van der Waals surface area contributed by atoms with E-state index in [0.29, 0.717) is 24.7 Å². The fraction of sp³-hybridized carbons (Fsp3) is 0.560. The van der Waals surface area contributed by atoms with Crippen LogP contribution in [0.1, 0.15) is 85.2 Å². The van der Waals surface area contributed by atoms with Crippen LogP contribution in [0.2, 0.25) is 0 Å². The lowest BCUT2D eigenvalue weighted by atomic mass is 9.67. The molecule has 1 unspecified atom stereocenters. The van der Waals surface area contributed by atoms with Gasteiger partial charge in [-0.25, -0.2) is 0 Å². The second-order valence-corrected chi connectivity index (χ2v) is 10.9. The Labute approximate surface area is 196 Å². The van der Waals surface area contributed by atoms with E-state index < -0.39 is 11.3 Å². The van der Waals surface area contributed by atoms with Gasteiger partial charge in [0.05, 0.1) is 0 Å². The normalized spacial score (nSPS) is 22.7. The Balaban J connectivity index is 1.63. The number of aromatic hydroxyl groups is 1. The van der Waals surface area contributed by atoms with Crippen molar-refractivity contribution >= 4 is 21.8 Å². The fourth-order valence-electron chi connectivity index (χ4n) is 5.56. The van der Waals surface area contributed by atoms with E-state index in [4.69, 9.17) is 0 Å². The van der Waals surface area contributed by atoms with Crippen LogP contribution < -0.4 is 5.56 Å². The molecule has 6 nitrogen and oxygen atoms in total. The zero-order valence-electron chi connectivity index (χ0n) is 18.7. The van der Waals surface area contributed by atoms with Gasteiger partial charge in [-0.2, -0.15) is 4.98 Å². The quantitative estimate of drug-likeness (QED) is 0.671. The zero-order valence-corrected chi connectivity index (χ0v) is 20.3. The van der Waals surface area contributed by atoms with E-state index in [1.807, 2.05) is 6.92 Å². The summed E-state index contributed by atoms with van der Waals surface area (Å²) >= 11 is 3.73. The highest BCUT2D eigenvalue weighted by Gasteiger charge is 2.39. The number of likely N-dealkylation sites (N-methyl/N-ethyl adjacent to an activating group) is 1. The predicted molar refractivity (Wildman–Crippen MR) is 126 cm³/mol. The summed E-state index contributed by atoms with van der Waals surface area (Å²) in [6.07, 6.45) is 8.65. The molecule has 2 heterocycles. The third kappa shape index (κ3) is 3.68. The molecule has 2 saturated carbocycles. The monoisotopic (exact) mass is 499 g/mol. The average molecular weight is 500 g/mol. The van der Waals surface area contributed by atoms with Crippen LogP contribution in [0.4, 0.5) is 0 Å². The molecule has 7 heteroatoms. The first-order valence-electron chi connectivity index (χ1n) is 11.7. The Hall–Kier alpha value is -2.15. The molecule has 1 amide bonds. The molecule has 2 aliphatic carbocycles. The molecule has 1 aliphatic heterocycles. The maximum absolute atomic E-state index is 12.9. The summed E-state index contributed by atoms with van der Waals surface area (Å²) in [5, 5.41) is 10.4. The van der Waals surface area contributed by atoms with Crippen LogP contribution in [-0.2, 0) is 18.4 Å². The number of aromatic nitrogens is 2. The number of rotatable bonds is 4. The van der Waals surface area contributed by atoms with Gasteiger partial charge in [0.1, 0.15) is 5.82 Å². The van der Waals surface area contributed by atoms with E-state index in [-0.39, 0.29) is 23.1 Å². The standard InChI is InChI=1S/C25H30BrN3O3/c1-15-14-29-20(27-23(31)22(30)21(29)24(32)28(15)2)13-25(8-4-3-5-9-25)18-10-17(16-6-7-16)11-19(26)12-18/h10-12,15-16,30H,3-9,13-14H2,1-2H3. The number of carbonyl (C=O) groups is 1. The van der Waals surface area contributed by atoms with Gasteiger partial charge in [0.2, 0.25) is 5.75 Å². The first-order chi connectivity index (χ1) is 15.3. The lowest BCUT2D eigenvalue weighted by Crippen LogP contribution is -2.47. The first kappa shape index (κ1) is 21.7. The zero-order chi connectivity index (χ0) is 22.6. The highest BCUT2D eigenvalue weighted by atomic mass is 79.9. The molecule has 5 rings (SSSR count).